The number of benzene rings is 2. The molecule has 3 aromatic rings. The van der Waals surface area contributed by atoms with Crippen LogP contribution in [-0.2, 0) is 0 Å². The van der Waals surface area contributed by atoms with E-state index < -0.39 is 5.91 Å². The molecular weight excluding hydrogens is 352 g/mol. The van der Waals surface area contributed by atoms with Crippen molar-refractivity contribution < 1.29 is 9.59 Å². The summed E-state index contributed by atoms with van der Waals surface area (Å²) < 4.78 is 0. The number of aromatic nitrogens is 1. The van der Waals surface area contributed by atoms with E-state index in [2.05, 4.69) is 15.5 Å². The van der Waals surface area contributed by atoms with Crippen LogP contribution in [0.15, 0.2) is 53.6 Å². The number of hydrogen-bond donors (Lipinski definition) is 2. The molecule has 3 rings (SSSR count). The second kappa shape index (κ2) is 7.41. The van der Waals surface area contributed by atoms with Gasteiger partial charge in [-0.05, 0) is 23.8 Å². The van der Waals surface area contributed by atoms with Gasteiger partial charge in [0.1, 0.15) is 5.69 Å². The van der Waals surface area contributed by atoms with Crippen LogP contribution in [0.25, 0.3) is 10.9 Å². The number of para-hydroxylation sites is 1. The molecule has 1 heterocycles. The highest BCUT2D eigenvalue weighted by molar-refractivity contribution is 6.30. The molecule has 2 N–H and O–H groups in total. The van der Waals surface area contributed by atoms with E-state index in [1.54, 1.807) is 44.4 Å². The average molecular weight is 369 g/mol. The third-order valence-corrected chi connectivity index (χ3v) is 4.05. The lowest BCUT2D eigenvalue weighted by Gasteiger charge is -2.10. The zero-order valence-electron chi connectivity index (χ0n) is 14.3. The molecule has 0 aliphatic heterocycles. The number of rotatable bonds is 4. The number of carbonyl (C=O) groups excluding carboxylic acids is 2. The van der Waals surface area contributed by atoms with Gasteiger partial charge < -0.3 is 9.88 Å². The molecule has 132 valence electrons. The van der Waals surface area contributed by atoms with Gasteiger partial charge in [-0.2, -0.15) is 5.10 Å². The summed E-state index contributed by atoms with van der Waals surface area (Å²) in [6.45, 7) is 0. The van der Waals surface area contributed by atoms with Crippen LogP contribution >= 0.6 is 11.6 Å². The molecule has 26 heavy (non-hydrogen) atoms. The van der Waals surface area contributed by atoms with Gasteiger partial charge in [-0.1, -0.05) is 41.9 Å². The molecule has 0 aliphatic rings. The van der Waals surface area contributed by atoms with Gasteiger partial charge in [0.15, 0.2) is 0 Å². The Morgan fingerprint density at radius 1 is 1.12 bits per heavy atom. The molecule has 0 saturated carbocycles. The van der Waals surface area contributed by atoms with Gasteiger partial charge in [0, 0.05) is 30.0 Å². The van der Waals surface area contributed by atoms with Crippen LogP contribution in [0, 0.1) is 0 Å². The van der Waals surface area contributed by atoms with Crippen molar-refractivity contribution in [3.63, 3.8) is 0 Å². The SMILES string of the molecule is CN(C)C(=O)c1c(C(=O)N/N=C/c2ccc(Cl)cc2)[nH]c2ccccc12. The third kappa shape index (κ3) is 3.60. The third-order valence-electron chi connectivity index (χ3n) is 3.80. The van der Waals surface area contributed by atoms with E-state index in [-0.39, 0.29) is 11.6 Å². The summed E-state index contributed by atoms with van der Waals surface area (Å²) >= 11 is 5.83. The van der Waals surface area contributed by atoms with Crippen molar-refractivity contribution in [1.82, 2.24) is 15.3 Å². The van der Waals surface area contributed by atoms with Crippen molar-refractivity contribution in [2.24, 2.45) is 5.10 Å². The Morgan fingerprint density at radius 2 is 1.81 bits per heavy atom. The summed E-state index contributed by atoms with van der Waals surface area (Å²) in [5.74, 6) is -0.745. The minimum absolute atomic E-state index is 0.179. The Morgan fingerprint density at radius 3 is 2.50 bits per heavy atom. The first-order valence-corrected chi connectivity index (χ1v) is 8.26. The van der Waals surface area contributed by atoms with Gasteiger partial charge in [0.05, 0.1) is 11.8 Å². The number of nitrogens with zero attached hydrogens (tertiary/aromatic N) is 2. The molecule has 2 aromatic carbocycles. The van der Waals surface area contributed by atoms with E-state index in [1.807, 2.05) is 18.2 Å². The van der Waals surface area contributed by atoms with Gasteiger partial charge >= 0.3 is 0 Å². The fraction of sp³-hybridized carbons (Fsp3) is 0.105. The van der Waals surface area contributed by atoms with Crippen LogP contribution in [0.1, 0.15) is 26.4 Å². The zero-order chi connectivity index (χ0) is 18.7. The van der Waals surface area contributed by atoms with Crippen molar-refractivity contribution in [3.8, 4) is 0 Å². The number of amides is 2. The summed E-state index contributed by atoms with van der Waals surface area (Å²) in [5, 5.41) is 5.26. The van der Waals surface area contributed by atoms with Crippen LogP contribution in [0.2, 0.25) is 5.02 Å². The molecule has 2 amide bonds. The van der Waals surface area contributed by atoms with E-state index in [0.29, 0.717) is 21.5 Å². The van der Waals surface area contributed by atoms with E-state index in [0.717, 1.165) is 5.56 Å². The number of hydrazone groups is 1. The Labute approximate surface area is 155 Å². The highest BCUT2D eigenvalue weighted by Gasteiger charge is 2.24. The summed E-state index contributed by atoms with van der Waals surface area (Å²) in [5.41, 5.74) is 4.46. The molecule has 7 heteroatoms. The fourth-order valence-electron chi connectivity index (χ4n) is 2.53. The highest BCUT2D eigenvalue weighted by Crippen LogP contribution is 2.23. The standard InChI is InChI=1S/C19H17ClN4O2/c1-24(2)19(26)16-14-5-3-4-6-15(14)22-17(16)18(25)23-21-11-12-7-9-13(20)10-8-12/h3-11,22H,1-2H3,(H,23,25)/b21-11+. The maximum atomic E-state index is 12.6. The number of hydrogen-bond acceptors (Lipinski definition) is 3. The second-order valence-corrected chi connectivity index (χ2v) is 6.31. The maximum Gasteiger partial charge on any atom is 0.288 e. The quantitative estimate of drug-likeness (QED) is 0.547. The predicted molar refractivity (Wildman–Crippen MR) is 103 cm³/mol. The molecule has 0 fully saturated rings. The van der Waals surface area contributed by atoms with E-state index in [9.17, 15) is 9.59 Å². The first kappa shape index (κ1) is 17.7. The Hall–Kier alpha value is -3.12. The molecule has 0 aliphatic carbocycles. The van der Waals surface area contributed by atoms with Gasteiger partial charge in [-0.3, -0.25) is 9.59 Å². The van der Waals surface area contributed by atoms with Crippen molar-refractivity contribution in [2.75, 3.05) is 14.1 Å². The number of carbonyl (C=O) groups is 2. The molecule has 1 aromatic heterocycles. The van der Waals surface area contributed by atoms with Crippen LogP contribution in [0.5, 0.6) is 0 Å². The van der Waals surface area contributed by atoms with Crippen molar-refractivity contribution in [3.05, 3.63) is 70.4 Å². The molecular formula is C19H17ClN4O2. The highest BCUT2D eigenvalue weighted by atomic mass is 35.5. The van der Waals surface area contributed by atoms with Crippen molar-refractivity contribution in [2.45, 2.75) is 0 Å². The monoisotopic (exact) mass is 368 g/mol. The lowest BCUT2D eigenvalue weighted by molar-refractivity contribution is 0.0820. The van der Waals surface area contributed by atoms with Gasteiger partial charge in [-0.15, -0.1) is 0 Å². The molecule has 0 spiro atoms. The number of aromatic amines is 1. The minimum Gasteiger partial charge on any atom is -0.350 e. The number of halogens is 1. The number of fused-ring (bicyclic) bond motifs is 1. The van der Waals surface area contributed by atoms with Crippen molar-refractivity contribution >= 4 is 40.5 Å². The van der Waals surface area contributed by atoms with Crippen LogP contribution in [0.3, 0.4) is 0 Å². The molecule has 0 radical (unpaired) electrons. The Balaban J connectivity index is 1.89. The Bertz CT molecular complexity index is 990. The maximum absolute atomic E-state index is 12.6. The zero-order valence-corrected chi connectivity index (χ0v) is 15.0. The smallest absolute Gasteiger partial charge is 0.288 e. The number of nitrogens with one attached hydrogen (secondary N) is 2. The normalized spacial score (nSPS) is 11.0. The minimum atomic E-state index is -0.489. The van der Waals surface area contributed by atoms with Crippen molar-refractivity contribution in [1.29, 1.82) is 0 Å². The first-order chi connectivity index (χ1) is 12.5. The Kier molecular flexibility index (Phi) is 5.04. The van der Waals surface area contributed by atoms with E-state index in [4.69, 9.17) is 11.6 Å². The lowest BCUT2D eigenvalue weighted by atomic mass is 10.1. The summed E-state index contributed by atoms with van der Waals surface area (Å²) in [7, 11) is 3.29. The van der Waals surface area contributed by atoms with Crippen LogP contribution in [0.4, 0.5) is 0 Å². The van der Waals surface area contributed by atoms with Gasteiger partial charge in [0.25, 0.3) is 11.8 Å². The van der Waals surface area contributed by atoms with Crippen LogP contribution < -0.4 is 5.43 Å². The molecule has 0 unspecified atom stereocenters. The molecule has 0 atom stereocenters. The van der Waals surface area contributed by atoms with Crippen LogP contribution in [-0.4, -0.2) is 42.0 Å². The largest absolute Gasteiger partial charge is 0.350 e. The van der Waals surface area contributed by atoms with E-state index >= 15 is 0 Å². The molecule has 0 saturated heterocycles. The lowest BCUT2D eigenvalue weighted by Crippen LogP contribution is -2.26. The van der Waals surface area contributed by atoms with Gasteiger partial charge in [-0.25, -0.2) is 5.43 Å². The first-order valence-electron chi connectivity index (χ1n) is 7.88. The fourth-order valence-corrected chi connectivity index (χ4v) is 2.65. The number of H-pyrrole nitrogens is 1. The van der Waals surface area contributed by atoms with E-state index in [1.165, 1.54) is 11.1 Å². The molecule has 6 nitrogen and oxygen atoms in total. The topological polar surface area (TPSA) is 77.6 Å². The second-order valence-electron chi connectivity index (χ2n) is 5.87. The summed E-state index contributed by atoms with van der Waals surface area (Å²) in [6.07, 6.45) is 1.50. The average Bonchev–Trinajstić information content (AvgIpc) is 3.02. The summed E-state index contributed by atoms with van der Waals surface area (Å²) in [4.78, 5) is 29.5. The molecule has 0 bridgehead atoms. The summed E-state index contributed by atoms with van der Waals surface area (Å²) in [6, 6.07) is 14.3. The van der Waals surface area contributed by atoms with Gasteiger partial charge in [0.2, 0.25) is 0 Å². The predicted octanol–water partition coefficient (Wildman–Crippen LogP) is 3.29.